The Morgan fingerprint density at radius 2 is 1.20 bits per heavy atom. The lowest BCUT2D eigenvalue weighted by atomic mass is 9.81. The van der Waals surface area contributed by atoms with Gasteiger partial charge in [-0.1, -0.05) is 117 Å². The van der Waals surface area contributed by atoms with Crippen LogP contribution >= 0.6 is 0 Å². The van der Waals surface area contributed by atoms with Gasteiger partial charge < -0.3 is 9.32 Å². The molecule has 1 aliphatic rings. The Kier molecular flexibility index (Phi) is 5.58. The van der Waals surface area contributed by atoms with Crippen molar-refractivity contribution in [3.05, 3.63) is 163 Å². The molecular weight excluding hydrogens is 546 g/mol. The number of nitrogens with zero attached hydrogens (tertiary/aromatic N) is 1. The zero-order valence-electron chi connectivity index (χ0n) is 25.3. The minimum Gasteiger partial charge on any atom is -0.456 e. The fourth-order valence-corrected chi connectivity index (χ4v) is 7.48. The van der Waals surface area contributed by atoms with E-state index in [-0.39, 0.29) is 5.41 Å². The highest BCUT2D eigenvalue weighted by molar-refractivity contribution is 6.07. The molecule has 9 rings (SSSR count). The lowest BCUT2D eigenvalue weighted by Gasteiger charge is -2.32. The summed E-state index contributed by atoms with van der Waals surface area (Å²) in [4.78, 5) is 2.44. The summed E-state index contributed by atoms with van der Waals surface area (Å²) in [6.07, 6.45) is 0. The first-order valence-electron chi connectivity index (χ1n) is 15.6. The van der Waals surface area contributed by atoms with E-state index < -0.39 is 0 Å². The molecule has 0 amide bonds. The van der Waals surface area contributed by atoms with Crippen LogP contribution in [0.5, 0.6) is 0 Å². The molecule has 0 fully saturated rings. The van der Waals surface area contributed by atoms with E-state index in [1.165, 1.54) is 49.8 Å². The zero-order valence-corrected chi connectivity index (χ0v) is 25.3. The molecule has 2 heteroatoms. The van der Waals surface area contributed by atoms with Crippen LogP contribution in [0.4, 0.5) is 17.1 Å². The van der Waals surface area contributed by atoms with E-state index in [0.29, 0.717) is 0 Å². The predicted molar refractivity (Wildman–Crippen MR) is 189 cm³/mol. The van der Waals surface area contributed by atoms with E-state index in [0.717, 1.165) is 33.3 Å². The summed E-state index contributed by atoms with van der Waals surface area (Å²) in [5, 5.41) is 4.75. The maximum atomic E-state index is 6.24. The fourth-order valence-electron chi connectivity index (χ4n) is 7.48. The second-order valence-electron chi connectivity index (χ2n) is 12.6. The normalized spacial score (nSPS) is 13.3. The van der Waals surface area contributed by atoms with Gasteiger partial charge in [0.1, 0.15) is 11.2 Å². The van der Waals surface area contributed by atoms with Gasteiger partial charge in [-0.05, 0) is 92.7 Å². The number of furan rings is 1. The number of para-hydroxylation sites is 1. The lowest BCUT2D eigenvalue weighted by molar-refractivity contribution is 0.660. The highest BCUT2D eigenvalue weighted by atomic mass is 16.3. The molecule has 0 radical (unpaired) electrons. The molecule has 1 aromatic heterocycles. The molecule has 8 aromatic rings. The summed E-state index contributed by atoms with van der Waals surface area (Å²) in [7, 11) is 0. The summed E-state index contributed by atoms with van der Waals surface area (Å²) in [5.41, 5.74) is 12.8. The van der Waals surface area contributed by atoms with Crippen molar-refractivity contribution in [3.8, 4) is 22.3 Å². The third-order valence-corrected chi connectivity index (χ3v) is 9.60. The molecule has 0 aliphatic heterocycles. The molecule has 2 nitrogen and oxygen atoms in total. The SMILES string of the molecule is CC1(C)c2ccccc2-c2cccc(N(c3cccc(-c4ccc5ccccc5c4)c3)c3ccc4oc5ccccc5c4c3)c21. The van der Waals surface area contributed by atoms with Gasteiger partial charge >= 0.3 is 0 Å². The van der Waals surface area contributed by atoms with Crippen LogP contribution in [0.15, 0.2) is 156 Å². The number of hydrogen-bond donors (Lipinski definition) is 0. The van der Waals surface area contributed by atoms with E-state index >= 15 is 0 Å². The number of rotatable bonds is 4. The molecule has 0 saturated heterocycles. The van der Waals surface area contributed by atoms with E-state index in [2.05, 4.69) is 158 Å². The third-order valence-electron chi connectivity index (χ3n) is 9.60. The average Bonchev–Trinajstić information content (AvgIpc) is 3.57. The van der Waals surface area contributed by atoms with Gasteiger partial charge in [-0.2, -0.15) is 0 Å². The first-order valence-corrected chi connectivity index (χ1v) is 15.6. The summed E-state index contributed by atoms with van der Waals surface area (Å²) in [6, 6.07) is 54.8. The van der Waals surface area contributed by atoms with Crippen molar-refractivity contribution >= 4 is 49.8 Å². The van der Waals surface area contributed by atoms with Crippen LogP contribution in [0, 0.1) is 0 Å². The van der Waals surface area contributed by atoms with Crippen molar-refractivity contribution in [2.45, 2.75) is 19.3 Å². The summed E-state index contributed by atoms with van der Waals surface area (Å²) in [5.74, 6) is 0. The predicted octanol–water partition coefficient (Wildman–Crippen LogP) is 12.2. The Balaban J connectivity index is 1.29. The van der Waals surface area contributed by atoms with Crippen LogP contribution in [-0.4, -0.2) is 0 Å². The number of hydrogen-bond acceptors (Lipinski definition) is 2. The molecule has 1 aliphatic carbocycles. The third kappa shape index (κ3) is 3.96. The summed E-state index contributed by atoms with van der Waals surface area (Å²) < 4.78 is 6.24. The van der Waals surface area contributed by atoms with Crippen molar-refractivity contribution < 1.29 is 4.42 Å². The maximum Gasteiger partial charge on any atom is 0.135 e. The maximum absolute atomic E-state index is 6.24. The van der Waals surface area contributed by atoms with E-state index in [1.54, 1.807) is 0 Å². The van der Waals surface area contributed by atoms with Gasteiger partial charge in [0.25, 0.3) is 0 Å². The standard InChI is InChI=1S/C43H31NO/c1-43(2)38-18-7-5-15-34(38)36-17-10-19-39(42(36)43)44(33-23-24-41-37(27-33)35-16-6-8-20-40(35)45-41)32-14-9-13-30(26-32)31-22-21-28-11-3-4-12-29(28)25-31/h3-27H,1-2H3. The van der Waals surface area contributed by atoms with Crippen LogP contribution in [-0.2, 0) is 5.41 Å². The molecular formula is C43H31NO. The smallest absolute Gasteiger partial charge is 0.135 e. The van der Waals surface area contributed by atoms with Crippen LogP contribution in [0.1, 0.15) is 25.0 Å². The van der Waals surface area contributed by atoms with Crippen molar-refractivity contribution in [1.29, 1.82) is 0 Å². The Morgan fingerprint density at radius 1 is 0.489 bits per heavy atom. The van der Waals surface area contributed by atoms with Crippen LogP contribution in [0.25, 0.3) is 55.0 Å². The largest absolute Gasteiger partial charge is 0.456 e. The first-order chi connectivity index (χ1) is 22.1. The molecule has 0 atom stereocenters. The topological polar surface area (TPSA) is 16.4 Å². The average molecular weight is 578 g/mol. The molecule has 0 N–H and O–H groups in total. The minimum absolute atomic E-state index is 0.164. The van der Waals surface area contributed by atoms with Gasteiger partial charge in [0.2, 0.25) is 0 Å². The molecule has 7 aromatic carbocycles. The van der Waals surface area contributed by atoms with Crippen LogP contribution in [0.2, 0.25) is 0 Å². The van der Waals surface area contributed by atoms with Gasteiger partial charge in [0.05, 0.1) is 5.69 Å². The van der Waals surface area contributed by atoms with Gasteiger partial charge in [0, 0.05) is 27.6 Å². The summed E-state index contributed by atoms with van der Waals surface area (Å²) >= 11 is 0. The van der Waals surface area contributed by atoms with E-state index in [4.69, 9.17) is 4.42 Å². The zero-order chi connectivity index (χ0) is 30.1. The van der Waals surface area contributed by atoms with Crippen LogP contribution < -0.4 is 4.90 Å². The van der Waals surface area contributed by atoms with Crippen LogP contribution in [0.3, 0.4) is 0 Å². The van der Waals surface area contributed by atoms with E-state index in [1.807, 2.05) is 12.1 Å². The monoisotopic (exact) mass is 577 g/mol. The van der Waals surface area contributed by atoms with Gasteiger partial charge in [-0.25, -0.2) is 0 Å². The van der Waals surface area contributed by atoms with Crippen molar-refractivity contribution in [2.24, 2.45) is 0 Å². The minimum atomic E-state index is -0.164. The number of fused-ring (bicyclic) bond motifs is 7. The molecule has 45 heavy (non-hydrogen) atoms. The molecule has 0 spiro atoms. The first kappa shape index (κ1) is 25.9. The lowest BCUT2D eigenvalue weighted by Crippen LogP contribution is -2.20. The Morgan fingerprint density at radius 3 is 2.13 bits per heavy atom. The molecule has 1 heterocycles. The van der Waals surface area contributed by atoms with Crippen molar-refractivity contribution in [1.82, 2.24) is 0 Å². The fraction of sp³-hybridized carbons (Fsp3) is 0.0698. The Labute approximate surface area is 262 Å². The second-order valence-corrected chi connectivity index (χ2v) is 12.6. The van der Waals surface area contributed by atoms with Gasteiger partial charge in [-0.15, -0.1) is 0 Å². The summed E-state index contributed by atoms with van der Waals surface area (Å²) in [6.45, 7) is 4.72. The van der Waals surface area contributed by atoms with Gasteiger partial charge in [0.15, 0.2) is 0 Å². The number of benzene rings is 7. The van der Waals surface area contributed by atoms with Gasteiger partial charge in [-0.3, -0.25) is 0 Å². The van der Waals surface area contributed by atoms with Crippen molar-refractivity contribution in [3.63, 3.8) is 0 Å². The number of anilines is 3. The Bertz CT molecular complexity index is 2430. The highest BCUT2D eigenvalue weighted by Gasteiger charge is 2.38. The van der Waals surface area contributed by atoms with E-state index in [9.17, 15) is 0 Å². The molecule has 0 bridgehead atoms. The van der Waals surface area contributed by atoms with Crippen molar-refractivity contribution in [2.75, 3.05) is 4.90 Å². The quantitative estimate of drug-likeness (QED) is 0.207. The Hall–Kier alpha value is -5.60. The molecule has 0 saturated carbocycles. The molecule has 0 unspecified atom stereocenters. The molecule has 214 valence electrons. The second kappa shape index (κ2) is 9.70. The highest BCUT2D eigenvalue weighted by Crippen LogP contribution is 2.54.